The summed E-state index contributed by atoms with van der Waals surface area (Å²) in [5.74, 6) is 0.102. The van der Waals surface area contributed by atoms with Crippen LogP contribution in [0.2, 0.25) is 0 Å². The van der Waals surface area contributed by atoms with Crippen molar-refractivity contribution in [1.82, 2.24) is 4.72 Å². The van der Waals surface area contributed by atoms with Gasteiger partial charge in [0.2, 0.25) is 10.0 Å². The number of halogens is 1. The van der Waals surface area contributed by atoms with E-state index in [9.17, 15) is 8.42 Å². The second-order valence-electron chi connectivity index (χ2n) is 4.51. The van der Waals surface area contributed by atoms with E-state index in [0.717, 1.165) is 15.6 Å². The number of hydrogen-bond acceptors (Lipinski definition) is 2. The molecule has 0 aromatic heterocycles. The van der Waals surface area contributed by atoms with E-state index in [0.29, 0.717) is 13.0 Å². The summed E-state index contributed by atoms with van der Waals surface area (Å²) in [4.78, 5) is 0. The van der Waals surface area contributed by atoms with Crippen molar-refractivity contribution in [1.29, 1.82) is 0 Å². The van der Waals surface area contributed by atoms with Crippen LogP contribution < -0.4 is 4.72 Å². The molecule has 0 heterocycles. The van der Waals surface area contributed by atoms with Crippen molar-refractivity contribution < 1.29 is 8.42 Å². The first-order valence-corrected chi connectivity index (χ1v) is 8.75. The fourth-order valence-electron chi connectivity index (χ4n) is 1.81. The third kappa shape index (κ3) is 5.07. The third-order valence-electron chi connectivity index (χ3n) is 2.89. The summed E-state index contributed by atoms with van der Waals surface area (Å²) in [5.41, 5.74) is 1.96. The van der Waals surface area contributed by atoms with Gasteiger partial charge in [0.05, 0.1) is 5.75 Å². The van der Waals surface area contributed by atoms with Crippen LogP contribution in [0.25, 0.3) is 0 Å². The summed E-state index contributed by atoms with van der Waals surface area (Å²) in [6, 6.07) is 17.2. The van der Waals surface area contributed by atoms with Gasteiger partial charge in [-0.1, -0.05) is 58.4 Å². The van der Waals surface area contributed by atoms with Crippen LogP contribution in [0.4, 0.5) is 0 Å². The fraction of sp³-hybridized carbons (Fsp3) is 0.200. The van der Waals surface area contributed by atoms with E-state index >= 15 is 0 Å². The van der Waals surface area contributed by atoms with Gasteiger partial charge in [-0.05, 0) is 29.7 Å². The van der Waals surface area contributed by atoms with Crippen LogP contribution in [-0.2, 0) is 23.0 Å². The molecular weight excluding hydrogens is 338 g/mol. The minimum absolute atomic E-state index is 0.102. The Morgan fingerprint density at radius 3 is 2.35 bits per heavy atom. The Hall–Kier alpha value is -1.17. The maximum Gasteiger partial charge on any atom is 0.212 e. The molecule has 0 aliphatic carbocycles. The van der Waals surface area contributed by atoms with Crippen molar-refractivity contribution in [2.45, 2.75) is 13.0 Å². The molecule has 0 saturated carbocycles. The zero-order chi connectivity index (χ0) is 14.4. The highest BCUT2D eigenvalue weighted by Crippen LogP contribution is 2.11. The predicted molar refractivity (Wildman–Crippen MR) is 84.9 cm³/mol. The van der Waals surface area contributed by atoms with Gasteiger partial charge in [0.1, 0.15) is 0 Å². The van der Waals surface area contributed by atoms with E-state index in [4.69, 9.17) is 0 Å². The zero-order valence-corrected chi connectivity index (χ0v) is 13.3. The van der Waals surface area contributed by atoms with Gasteiger partial charge in [-0.2, -0.15) is 0 Å². The Bertz CT molecular complexity index is 657. The Balaban J connectivity index is 1.88. The summed E-state index contributed by atoms with van der Waals surface area (Å²) in [6.07, 6.45) is 0.522. The highest BCUT2D eigenvalue weighted by Gasteiger charge is 2.10. The Labute approximate surface area is 128 Å². The summed E-state index contributed by atoms with van der Waals surface area (Å²) >= 11 is 3.37. The zero-order valence-electron chi connectivity index (χ0n) is 10.9. The van der Waals surface area contributed by atoms with Crippen molar-refractivity contribution in [3.8, 4) is 0 Å². The van der Waals surface area contributed by atoms with Crippen molar-refractivity contribution in [2.75, 3.05) is 5.75 Å². The summed E-state index contributed by atoms with van der Waals surface area (Å²) in [7, 11) is -3.26. The Morgan fingerprint density at radius 2 is 1.65 bits per heavy atom. The van der Waals surface area contributed by atoms with Gasteiger partial charge in [0.25, 0.3) is 0 Å². The Morgan fingerprint density at radius 1 is 0.950 bits per heavy atom. The molecule has 2 rings (SSSR count). The quantitative estimate of drug-likeness (QED) is 0.867. The molecule has 0 aliphatic rings. The topological polar surface area (TPSA) is 46.2 Å². The molecular formula is C15H16BrNO2S. The van der Waals surface area contributed by atoms with E-state index in [-0.39, 0.29) is 5.75 Å². The highest BCUT2D eigenvalue weighted by molar-refractivity contribution is 9.10. The lowest BCUT2D eigenvalue weighted by Crippen LogP contribution is -2.26. The van der Waals surface area contributed by atoms with Gasteiger partial charge in [-0.15, -0.1) is 0 Å². The molecule has 0 fully saturated rings. The van der Waals surface area contributed by atoms with Gasteiger partial charge in [-0.25, -0.2) is 13.1 Å². The standard InChI is InChI=1S/C15H16BrNO2S/c16-15-8-4-7-14(11-15)12-17-20(18,19)10-9-13-5-2-1-3-6-13/h1-8,11,17H,9-10,12H2. The largest absolute Gasteiger partial charge is 0.212 e. The van der Waals surface area contributed by atoms with Crippen molar-refractivity contribution >= 4 is 26.0 Å². The number of rotatable bonds is 6. The lowest BCUT2D eigenvalue weighted by Gasteiger charge is -2.07. The van der Waals surface area contributed by atoms with Crippen LogP contribution in [-0.4, -0.2) is 14.2 Å². The van der Waals surface area contributed by atoms with E-state index in [1.807, 2.05) is 54.6 Å². The van der Waals surface area contributed by atoms with E-state index in [1.54, 1.807) is 0 Å². The summed E-state index contributed by atoms with van der Waals surface area (Å²) in [5, 5.41) is 0. The predicted octanol–water partition coefficient (Wildman–Crippen LogP) is 3.11. The maximum atomic E-state index is 11.9. The number of sulfonamides is 1. The fourth-order valence-corrected chi connectivity index (χ4v) is 3.29. The van der Waals surface area contributed by atoms with Gasteiger partial charge >= 0.3 is 0 Å². The van der Waals surface area contributed by atoms with Crippen LogP contribution in [0.15, 0.2) is 59.1 Å². The van der Waals surface area contributed by atoms with Crippen LogP contribution in [0, 0.1) is 0 Å². The molecule has 3 nitrogen and oxygen atoms in total. The average Bonchev–Trinajstić information content (AvgIpc) is 2.45. The lowest BCUT2D eigenvalue weighted by molar-refractivity contribution is 0.580. The molecule has 2 aromatic carbocycles. The smallest absolute Gasteiger partial charge is 0.212 e. The molecule has 0 radical (unpaired) electrons. The molecule has 20 heavy (non-hydrogen) atoms. The molecule has 0 unspecified atom stereocenters. The van der Waals surface area contributed by atoms with Crippen molar-refractivity contribution in [3.05, 3.63) is 70.2 Å². The van der Waals surface area contributed by atoms with Crippen LogP contribution in [0.1, 0.15) is 11.1 Å². The van der Waals surface area contributed by atoms with Crippen LogP contribution in [0.5, 0.6) is 0 Å². The third-order valence-corrected chi connectivity index (χ3v) is 4.71. The van der Waals surface area contributed by atoms with Crippen molar-refractivity contribution in [2.24, 2.45) is 0 Å². The number of benzene rings is 2. The normalized spacial score (nSPS) is 11.4. The van der Waals surface area contributed by atoms with Gasteiger partial charge < -0.3 is 0 Å². The number of nitrogens with one attached hydrogen (secondary N) is 1. The minimum Gasteiger partial charge on any atom is -0.212 e. The van der Waals surface area contributed by atoms with Gasteiger partial charge in [-0.3, -0.25) is 0 Å². The molecule has 0 aliphatic heterocycles. The minimum atomic E-state index is -3.26. The SMILES string of the molecule is O=S(=O)(CCc1ccccc1)NCc1cccc(Br)c1. The molecule has 2 aromatic rings. The van der Waals surface area contributed by atoms with Gasteiger partial charge in [0.15, 0.2) is 0 Å². The monoisotopic (exact) mass is 353 g/mol. The highest BCUT2D eigenvalue weighted by atomic mass is 79.9. The molecule has 106 valence electrons. The first kappa shape index (κ1) is 15.2. The molecule has 0 spiro atoms. The number of aryl methyl sites for hydroxylation is 1. The first-order chi connectivity index (χ1) is 9.55. The average molecular weight is 354 g/mol. The van der Waals surface area contributed by atoms with Crippen LogP contribution >= 0.6 is 15.9 Å². The summed E-state index contributed by atoms with van der Waals surface area (Å²) < 4.78 is 27.4. The number of hydrogen-bond donors (Lipinski definition) is 1. The van der Waals surface area contributed by atoms with E-state index in [2.05, 4.69) is 20.7 Å². The summed E-state index contributed by atoms with van der Waals surface area (Å²) in [6.45, 7) is 0.316. The second-order valence-corrected chi connectivity index (χ2v) is 7.35. The molecule has 0 atom stereocenters. The molecule has 0 saturated heterocycles. The molecule has 5 heteroatoms. The molecule has 0 bridgehead atoms. The molecule has 0 amide bonds. The maximum absolute atomic E-state index is 11.9. The van der Waals surface area contributed by atoms with E-state index < -0.39 is 10.0 Å². The first-order valence-electron chi connectivity index (χ1n) is 6.31. The second kappa shape index (κ2) is 7.02. The van der Waals surface area contributed by atoms with Crippen molar-refractivity contribution in [3.63, 3.8) is 0 Å². The lowest BCUT2D eigenvalue weighted by atomic mass is 10.2. The Kier molecular flexibility index (Phi) is 5.34. The molecule has 1 N–H and O–H groups in total. The van der Waals surface area contributed by atoms with Crippen LogP contribution in [0.3, 0.4) is 0 Å². The van der Waals surface area contributed by atoms with Gasteiger partial charge in [0, 0.05) is 11.0 Å². The van der Waals surface area contributed by atoms with E-state index in [1.165, 1.54) is 0 Å².